The minimum atomic E-state index is 0.450. The third kappa shape index (κ3) is 4.21. The van der Waals surface area contributed by atoms with Crippen molar-refractivity contribution in [1.82, 2.24) is 0 Å². The molecule has 1 aromatic carbocycles. The molecule has 0 fully saturated rings. The average molecular weight is 314 g/mol. The van der Waals surface area contributed by atoms with Crippen LogP contribution in [0.3, 0.4) is 0 Å². The van der Waals surface area contributed by atoms with E-state index in [1.54, 1.807) is 6.26 Å². The third-order valence-electron chi connectivity index (χ3n) is 2.63. The number of hydrogen-bond acceptors (Lipinski definition) is 1. The summed E-state index contributed by atoms with van der Waals surface area (Å²) in [6.07, 6.45) is 4.72. The van der Waals surface area contributed by atoms with E-state index in [2.05, 4.69) is 22.0 Å². The predicted octanol–water partition coefficient (Wildman–Crippen LogP) is 4.87. The number of rotatable bonds is 5. The molecule has 0 aliphatic heterocycles. The van der Waals surface area contributed by atoms with E-state index < -0.39 is 0 Å². The van der Waals surface area contributed by atoms with Gasteiger partial charge in [0.25, 0.3) is 0 Å². The van der Waals surface area contributed by atoms with Crippen LogP contribution >= 0.6 is 27.5 Å². The van der Waals surface area contributed by atoms with Crippen LogP contribution in [0.15, 0.2) is 47.1 Å². The summed E-state index contributed by atoms with van der Waals surface area (Å²) in [7, 11) is 0. The van der Waals surface area contributed by atoms with E-state index in [0.29, 0.717) is 4.83 Å². The number of alkyl halides is 1. The Morgan fingerprint density at radius 1 is 1.24 bits per heavy atom. The van der Waals surface area contributed by atoms with E-state index in [0.717, 1.165) is 30.0 Å². The minimum Gasteiger partial charge on any atom is -0.469 e. The van der Waals surface area contributed by atoms with Crippen molar-refractivity contribution < 1.29 is 4.42 Å². The first kappa shape index (κ1) is 12.7. The lowest BCUT2D eigenvalue weighted by Crippen LogP contribution is -2.04. The Kier molecular flexibility index (Phi) is 4.69. The van der Waals surface area contributed by atoms with Crippen LogP contribution < -0.4 is 0 Å². The molecule has 0 spiro atoms. The fraction of sp³-hybridized carbons (Fsp3) is 0.286. The maximum atomic E-state index is 5.96. The molecule has 17 heavy (non-hydrogen) atoms. The van der Waals surface area contributed by atoms with Crippen LogP contribution in [-0.2, 0) is 12.8 Å². The summed E-state index contributed by atoms with van der Waals surface area (Å²) in [5, 5.41) is 0.799. The zero-order valence-electron chi connectivity index (χ0n) is 9.40. The number of halogens is 2. The molecule has 3 heteroatoms. The van der Waals surface area contributed by atoms with Gasteiger partial charge < -0.3 is 4.42 Å². The summed E-state index contributed by atoms with van der Waals surface area (Å²) in [6.45, 7) is 0. The molecule has 0 saturated carbocycles. The van der Waals surface area contributed by atoms with Gasteiger partial charge in [-0.3, -0.25) is 0 Å². The van der Waals surface area contributed by atoms with Crippen molar-refractivity contribution in [3.8, 4) is 0 Å². The average Bonchev–Trinajstić information content (AvgIpc) is 2.79. The van der Waals surface area contributed by atoms with E-state index in [9.17, 15) is 0 Å². The molecule has 1 atom stereocenters. The maximum absolute atomic E-state index is 5.96. The Bertz CT molecular complexity index is 453. The molecule has 90 valence electrons. The summed E-state index contributed by atoms with van der Waals surface area (Å²) < 4.78 is 5.31. The van der Waals surface area contributed by atoms with Crippen LogP contribution in [0.2, 0.25) is 5.02 Å². The normalized spacial score (nSPS) is 12.6. The second-order valence-electron chi connectivity index (χ2n) is 4.05. The van der Waals surface area contributed by atoms with Crippen LogP contribution in [0, 0.1) is 0 Å². The lowest BCUT2D eigenvalue weighted by Gasteiger charge is -2.09. The van der Waals surface area contributed by atoms with Gasteiger partial charge in [0.05, 0.1) is 6.26 Å². The molecule has 1 unspecified atom stereocenters. The molecule has 2 aromatic rings. The van der Waals surface area contributed by atoms with Crippen molar-refractivity contribution in [2.24, 2.45) is 0 Å². The van der Waals surface area contributed by atoms with Gasteiger partial charge in [-0.05, 0) is 42.7 Å². The Hall–Kier alpha value is -0.730. The highest BCUT2D eigenvalue weighted by Gasteiger charge is 2.07. The van der Waals surface area contributed by atoms with Crippen molar-refractivity contribution in [2.45, 2.75) is 24.1 Å². The molecule has 1 aromatic heterocycles. The summed E-state index contributed by atoms with van der Waals surface area (Å²) in [6, 6.07) is 11.9. The highest BCUT2D eigenvalue weighted by atomic mass is 79.9. The molecule has 1 nitrogen and oxygen atoms in total. The first-order valence-corrected chi connectivity index (χ1v) is 6.94. The van der Waals surface area contributed by atoms with Crippen molar-refractivity contribution in [2.75, 3.05) is 0 Å². The number of furan rings is 1. The van der Waals surface area contributed by atoms with E-state index in [1.807, 2.05) is 30.3 Å². The van der Waals surface area contributed by atoms with E-state index in [-0.39, 0.29) is 0 Å². The van der Waals surface area contributed by atoms with Crippen molar-refractivity contribution in [3.63, 3.8) is 0 Å². The topological polar surface area (TPSA) is 13.1 Å². The van der Waals surface area contributed by atoms with E-state index >= 15 is 0 Å². The maximum Gasteiger partial charge on any atom is 0.103 e. The molecule has 0 aliphatic carbocycles. The van der Waals surface area contributed by atoms with Crippen LogP contribution in [0.5, 0.6) is 0 Å². The van der Waals surface area contributed by atoms with Gasteiger partial charge >= 0.3 is 0 Å². The van der Waals surface area contributed by atoms with Crippen molar-refractivity contribution >= 4 is 27.5 Å². The molecule has 0 bridgehead atoms. The zero-order chi connectivity index (χ0) is 12.1. The van der Waals surface area contributed by atoms with E-state index in [4.69, 9.17) is 16.0 Å². The van der Waals surface area contributed by atoms with Gasteiger partial charge in [-0.15, -0.1) is 0 Å². The molecule has 0 radical (unpaired) electrons. The van der Waals surface area contributed by atoms with Gasteiger partial charge in [0.1, 0.15) is 5.76 Å². The molecule has 0 N–H and O–H groups in total. The van der Waals surface area contributed by atoms with E-state index in [1.165, 1.54) is 5.56 Å². The molecule has 0 saturated heterocycles. The molecule has 0 aliphatic rings. The summed E-state index contributed by atoms with van der Waals surface area (Å²) in [5.74, 6) is 1.04. The fourth-order valence-corrected chi connectivity index (χ4v) is 2.59. The molecular formula is C14H14BrClO. The predicted molar refractivity (Wildman–Crippen MR) is 74.9 cm³/mol. The van der Waals surface area contributed by atoms with Crippen LogP contribution in [-0.4, -0.2) is 4.83 Å². The monoisotopic (exact) mass is 312 g/mol. The first-order valence-electron chi connectivity index (χ1n) is 5.65. The van der Waals surface area contributed by atoms with Gasteiger partial charge in [0, 0.05) is 16.3 Å². The molecule has 2 rings (SSSR count). The Labute approximate surface area is 115 Å². The highest BCUT2D eigenvalue weighted by molar-refractivity contribution is 9.09. The first-order chi connectivity index (χ1) is 8.24. The van der Waals surface area contributed by atoms with Crippen molar-refractivity contribution in [3.05, 3.63) is 59.0 Å². The standard InChI is InChI=1S/C14H14BrClO/c15-12(6-7-14-5-2-8-17-14)9-11-3-1-4-13(16)10-11/h1-5,8,10,12H,6-7,9H2. The van der Waals surface area contributed by atoms with Crippen molar-refractivity contribution in [1.29, 1.82) is 0 Å². The second-order valence-corrected chi connectivity index (χ2v) is 5.78. The second kappa shape index (κ2) is 6.27. The number of benzene rings is 1. The summed E-state index contributed by atoms with van der Waals surface area (Å²) in [4.78, 5) is 0.450. The number of aryl methyl sites for hydroxylation is 1. The Morgan fingerprint density at radius 3 is 2.82 bits per heavy atom. The smallest absolute Gasteiger partial charge is 0.103 e. The van der Waals surface area contributed by atoms with Gasteiger partial charge in [0.2, 0.25) is 0 Å². The van der Waals surface area contributed by atoms with Gasteiger partial charge in [-0.1, -0.05) is 39.7 Å². The Balaban J connectivity index is 1.83. The zero-order valence-corrected chi connectivity index (χ0v) is 11.7. The van der Waals surface area contributed by atoms with Gasteiger partial charge in [0.15, 0.2) is 0 Å². The summed E-state index contributed by atoms with van der Waals surface area (Å²) in [5.41, 5.74) is 1.26. The quantitative estimate of drug-likeness (QED) is 0.718. The molecule has 1 heterocycles. The summed E-state index contributed by atoms with van der Waals surface area (Å²) >= 11 is 9.66. The highest BCUT2D eigenvalue weighted by Crippen LogP contribution is 2.18. The lowest BCUT2D eigenvalue weighted by atomic mass is 10.1. The molecule has 0 amide bonds. The van der Waals surface area contributed by atoms with Crippen LogP contribution in [0.4, 0.5) is 0 Å². The number of hydrogen-bond donors (Lipinski definition) is 0. The minimum absolute atomic E-state index is 0.450. The van der Waals surface area contributed by atoms with Crippen LogP contribution in [0.25, 0.3) is 0 Å². The molecular weight excluding hydrogens is 300 g/mol. The fourth-order valence-electron chi connectivity index (χ4n) is 1.78. The Morgan fingerprint density at radius 2 is 2.12 bits per heavy atom. The van der Waals surface area contributed by atoms with Crippen LogP contribution in [0.1, 0.15) is 17.7 Å². The van der Waals surface area contributed by atoms with Gasteiger partial charge in [-0.25, -0.2) is 0 Å². The SMILES string of the molecule is Clc1cccc(CC(Br)CCc2ccco2)c1. The largest absolute Gasteiger partial charge is 0.469 e. The third-order valence-corrected chi connectivity index (χ3v) is 3.65. The lowest BCUT2D eigenvalue weighted by molar-refractivity contribution is 0.500. The van der Waals surface area contributed by atoms with Gasteiger partial charge in [-0.2, -0.15) is 0 Å².